The summed E-state index contributed by atoms with van der Waals surface area (Å²) in [6.45, 7) is 7.77. The largest absolute Gasteiger partial charge is 0.314 e. The van der Waals surface area contributed by atoms with Crippen LogP contribution in [-0.4, -0.2) is 36.2 Å². The highest BCUT2D eigenvalue weighted by Crippen LogP contribution is 2.52. The van der Waals surface area contributed by atoms with Gasteiger partial charge in [0.25, 0.3) is 0 Å². The Labute approximate surface area is 90.9 Å². The summed E-state index contributed by atoms with van der Waals surface area (Å²) < 4.78 is 0. The molecule has 1 spiro atoms. The first-order valence-corrected chi connectivity index (χ1v) is 5.60. The van der Waals surface area contributed by atoms with Crippen LogP contribution < -0.4 is 5.32 Å². The predicted octanol–water partition coefficient (Wildman–Crippen LogP) is 0.927. The molecule has 0 aromatic rings. The van der Waals surface area contributed by atoms with Gasteiger partial charge in [-0.15, -0.1) is 0 Å². The molecule has 2 aliphatic rings. The van der Waals surface area contributed by atoms with Crippen LogP contribution in [0, 0.1) is 5.41 Å². The molecule has 86 valence electrons. The van der Waals surface area contributed by atoms with Crippen molar-refractivity contribution in [1.29, 1.82) is 0 Å². The van der Waals surface area contributed by atoms with E-state index >= 15 is 0 Å². The average Bonchev–Trinajstić information content (AvgIpc) is 2.74. The Hall–Kier alpha value is -0.610. The van der Waals surface area contributed by atoms with Crippen molar-refractivity contribution in [3.8, 4) is 0 Å². The highest BCUT2D eigenvalue weighted by molar-refractivity contribution is 5.47. The lowest BCUT2D eigenvalue weighted by Crippen LogP contribution is -2.45. The fraction of sp³-hybridized carbons (Fsp3) is 0.909. The predicted molar refractivity (Wildman–Crippen MR) is 57.1 cm³/mol. The molecule has 1 amide bonds. The van der Waals surface area contributed by atoms with Gasteiger partial charge in [-0.3, -0.25) is 9.63 Å². The Morgan fingerprint density at radius 1 is 1.47 bits per heavy atom. The second-order valence-electron chi connectivity index (χ2n) is 5.68. The van der Waals surface area contributed by atoms with Gasteiger partial charge in [-0.05, 0) is 33.6 Å². The number of nitrogens with zero attached hydrogens (tertiary/aromatic N) is 1. The maximum absolute atomic E-state index is 11.1. The summed E-state index contributed by atoms with van der Waals surface area (Å²) in [5, 5.41) is 4.87. The maximum Gasteiger partial charge on any atom is 0.233 e. The molecule has 1 aliphatic heterocycles. The highest BCUT2D eigenvalue weighted by atomic mass is 16.7. The van der Waals surface area contributed by atoms with Crippen LogP contribution in [0.5, 0.6) is 0 Å². The Kier molecular flexibility index (Phi) is 2.51. The molecular formula is C11H20N2O2. The Balaban J connectivity index is 2.03. The van der Waals surface area contributed by atoms with Crippen molar-refractivity contribution in [1.82, 2.24) is 10.4 Å². The number of hydroxylamine groups is 2. The summed E-state index contributed by atoms with van der Waals surface area (Å²) in [7, 11) is 0. The van der Waals surface area contributed by atoms with E-state index in [0.717, 1.165) is 19.5 Å². The number of nitrogens with one attached hydrogen (secondary N) is 1. The molecule has 1 heterocycles. The molecule has 15 heavy (non-hydrogen) atoms. The van der Waals surface area contributed by atoms with E-state index in [-0.39, 0.29) is 11.6 Å². The second-order valence-corrected chi connectivity index (χ2v) is 5.68. The van der Waals surface area contributed by atoms with Crippen molar-refractivity contribution in [3.05, 3.63) is 0 Å². The van der Waals surface area contributed by atoms with Crippen molar-refractivity contribution in [2.45, 2.75) is 45.3 Å². The third-order valence-electron chi connectivity index (χ3n) is 3.20. The van der Waals surface area contributed by atoms with Crippen molar-refractivity contribution in [2.24, 2.45) is 5.41 Å². The Morgan fingerprint density at radius 3 is 2.60 bits per heavy atom. The molecular weight excluding hydrogens is 192 g/mol. The van der Waals surface area contributed by atoms with Gasteiger partial charge in [-0.2, -0.15) is 0 Å². The van der Waals surface area contributed by atoms with E-state index in [1.165, 1.54) is 17.9 Å². The molecule has 0 aromatic carbocycles. The summed E-state index contributed by atoms with van der Waals surface area (Å²) in [6, 6.07) is 0.217. The van der Waals surface area contributed by atoms with Gasteiger partial charge in [0.05, 0.1) is 11.6 Å². The van der Waals surface area contributed by atoms with Gasteiger partial charge in [0.15, 0.2) is 0 Å². The van der Waals surface area contributed by atoms with Crippen LogP contribution >= 0.6 is 0 Å². The van der Waals surface area contributed by atoms with Crippen LogP contribution in [-0.2, 0) is 9.63 Å². The molecule has 1 saturated heterocycles. The van der Waals surface area contributed by atoms with E-state index in [9.17, 15) is 4.79 Å². The number of carbonyl (C=O) groups is 1. The fourth-order valence-electron chi connectivity index (χ4n) is 2.30. The number of hydrogen-bond acceptors (Lipinski definition) is 3. The van der Waals surface area contributed by atoms with Crippen LogP contribution in [0.3, 0.4) is 0 Å². The molecule has 0 aromatic heterocycles. The van der Waals surface area contributed by atoms with Gasteiger partial charge >= 0.3 is 0 Å². The van der Waals surface area contributed by atoms with Crippen molar-refractivity contribution in [3.63, 3.8) is 0 Å². The SMILES string of the molecule is CC(C)(C)ON(C=O)C1CNCC12CC2. The van der Waals surface area contributed by atoms with Crippen LogP contribution in [0.25, 0.3) is 0 Å². The Morgan fingerprint density at radius 2 is 2.13 bits per heavy atom. The zero-order chi connectivity index (χ0) is 11.1. The quantitative estimate of drug-likeness (QED) is 0.559. The van der Waals surface area contributed by atoms with Crippen LogP contribution in [0.2, 0.25) is 0 Å². The van der Waals surface area contributed by atoms with E-state index in [2.05, 4.69) is 5.32 Å². The average molecular weight is 212 g/mol. The summed E-state index contributed by atoms with van der Waals surface area (Å²) in [6.07, 6.45) is 3.24. The normalized spacial score (nSPS) is 28.1. The summed E-state index contributed by atoms with van der Waals surface area (Å²) in [4.78, 5) is 16.7. The summed E-state index contributed by atoms with van der Waals surface area (Å²) in [5.74, 6) is 0. The van der Waals surface area contributed by atoms with Gasteiger partial charge in [0, 0.05) is 18.5 Å². The van der Waals surface area contributed by atoms with E-state index in [4.69, 9.17) is 4.84 Å². The molecule has 4 nitrogen and oxygen atoms in total. The minimum absolute atomic E-state index is 0.217. The third-order valence-corrected chi connectivity index (χ3v) is 3.20. The molecule has 1 atom stereocenters. The van der Waals surface area contributed by atoms with E-state index in [1.54, 1.807) is 0 Å². The monoisotopic (exact) mass is 212 g/mol. The zero-order valence-electron chi connectivity index (χ0n) is 9.75. The zero-order valence-corrected chi connectivity index (χ0v) is 9.75. The van der Waals surface area contributed by atoms with Gasteiger partial charge in [0.1, 0.15) is 0 Å². The molecule has 0 bridgehead atoms. The molecule has 1 N–H and O–H groups in total. The molecule has 2 fully saturated rings. The number of carbonyl (C=O) groups excluding carboxylic acids is 1. The van der Waals surface area contributed by atoms with Crippen molar-refractivity contribution < 1.29 is 9.63 Å². The fourth-order valence-corrected chi connectivity index (χ4v) is 2.30. The first-order chi connectivity index (χ1) is 6.97. The van der Waals surface area contributed by atoms with E-state index in [1.807, 2.05) is 20.8 Å². The molecule has 0 radical (unpaired) electrons. The van der Waals surface area contributed by atoms with Crippen molar-refractivity contribution >= 4 is 6.41 Å². The van der Waals surface area contributed by atoms with Gasteiger partial charge in [-0.25, -0.2) is 5.06 Å². The minimum Gasteiger partial charge on any atom is -0.314 e. The van der Waals surface area contributed by atoms with Crippen LogP contribution in [0.15, 0.2) is 0 Å². The topological polar surface area (TPSA) is 41.6 Å². The minimum atomic E-state index is -0.306. The standard InChI is InChI=1S/C11H20N2O2/c1-10(2,3)15-13(8-14)9-6-12-7-11(9)4-5-11/h8-9,12H,4-7H2,1-3H3. The third kappa shape index (κ3) is 2.16. The lowest BCUT2D eigenvalue weighted by molar-refractivity contribution is -0.235. The maximum atomic E-state index is 11.1. The molecule has 4 heteroatoms. The van der Waals surface area contributed by atoms with Gasteiger partial charge < -0.3 is 5.32 Å². The highest BCUT2D eigenvalue weighted by Gasteiger charge is 2.55. The van der Waals surface area contributed by atoms with Crippen LogP contribution in [0.4, 0.5) is 0 Å². The Bertz CT molecular complexity index is 256. The second kappa shape index (κ2) is 3.46. The lowest BCUT2D eigenvalue weighted by atomic mass is 10.0. The van der Waals surface area contributed by atoms with E-state index in [0.29, 0.717) is 5.41 Å². The summed E-state index contributed by atoms with van der Waals surface area (Å²) in [5.41, 5.74) is 0.00569. The first kappa shape index (κ1) is 10.9. The lowest BCUT2D eigenvalue weighted by Gasteiger charge is -2.33. The summed E-state index contributed by atoms with van der Waals surface area (Å²) >= 11 is 0. The van der Waals surface area contributed by atoms with Crippen molar-refractivity contribution in [2.75, 3.05) is 13.1 Å². The van der Waals surface area contributed by atoms with Crippen LogP contribution in [0.1, 0.15) is 33.6 Å². The number of hydrogen-bond donors (Lipinski definition) is 1. The molecule has 2 rings (SSSR count). The number of rotatable bonds is 3. The molecule has 1 aliphatic carbocycles. The van der Waals surface area contributed by atoms with Gasteiger partial charge in [0.2, 0.25) is 6.41 Å². The molecule has 1 saturated carbocycles. The first-order valence-electron chi connectivity index (χ1n) is 5.60. The number of amides is 1. The van der Waals surface area contributed by atoms with E-state index < -0.39 is 0 Å². The van der Waals surface area contributed by atoms with Gasteiger partial charge in [-0.1, -0.05) is 0 Å². The molecule has 1 unspecified atom stereocenters. The smallest absolute Gasteiger partial charge is 0.233 e.